The minimum Gasteiger partial charge on any atom is -0.494 e. The number of hydrogen-bond donors (Lipinski definition) is 1. The van der Waals surface area contributed by atoms with Crippen LogP contribution in [-0.4, -0.2) is 13.2 Å². The summed E-state index contributed by atoms with van der Waals surface area (Å²) < 4.78 is 5.57. The Morgan fingerprint density at radius 2 is 1.70 bits per heavy atom. The smallest absolute Gasteiger partial charge is 0.119 e. The molecule has 2 aromatic rings. The fourth-order valence-corrected chi connectivity index (χ4v) is 2.20. The van der Waals surface area contributed by atoms with Crippen molar-refractivity contribution in [2.24, 2.45) is 0 Å². The molecular weight excluding hydrogens is 246 g/mol. The summed E-state index contributed by atoms with van der Waals surface area (Å²) in [7, 11) is 0. The molecule has 0 bridgehead atoms. The van der Waals surface area contributed by atoms with Crippen LogP contribution in [0.2, 0.25) is 0 Å². The molecule has 2 nitrogen and oxygen atoms in total. The van der Waals surface area contributed by atoms with E-state index in [9.17, 15) is 0 Å². The number of benzene rings is 2. The summed E-state index contributed by atoms with van der Waals surface area (Å²) in [6.07, 6.45) is 1.16. The average Bonchev–Trinajstić information content (AvgIpc) is 2.49. The number of nitrogens with one attached hydrogen (secondary N) is 1. The summed E-state index contributed by atoms with van der Waals surface area (Å²) in [6, 6.07) is 16.9. The summed E-state index contributed by atoms with van der Waals surface area (Å²) in [5, 5.41) is 3.44. The normalized spacial score (nSPS) is 10.5. The Balaban J connectivity index is 2.15. The first-order valence-electron chi connectivity index (χ1n) is 7.36. The number of rotatable bonds is 7. The van der Waals surface area contributed by atoms with Gasteiger partial charge in [0, 0.05) is 6.54 Å². The Bertz CT molecular complexity index is 536. The molecule has 106 valence electrons. The lowest BCUT2D eigenvalue weighted by atomic mass is 10.0. The predicted octanol–water partition coefficient (Wildman–Crippen LogP) is 4.25. The molecule has 0 saturated heterocycles. The first-order valence-corrected chi connectivity index (χ1v) is 7.36. The second-order valence-corrected chi connectivity index (χ2v) is 4.84. The van der Waals surface area contributed by atoms with Gasteiger partial charge in [-0.05, 0) is 54.8 Å². The summed E-state index contributed by atoms with van der Waals surface area (Å²) >= 11 is 0. The lowest BCUT2D eigenvalue weighted by Gasteiger charge is -2.09. The molecule has 0 atom stereocenters. The Kier molecular flexibility index (Phi) is 5.63. The van der Waals surface area contributed by atoms with E-state index in [1.54, 1.807) is 0 Å². The summed E-state index contributed by atoms with van der Waals surface area (Å²) in [5.74, 6) is 0.930. The van der Waals surface area contributed by atoms with Crippen LogP contribution in [0.25, 0.3) is 11.1 Å². The Morgan fingerprint density at radius 3 is 2.45 bits per heavy atom. The maximum atomic E-state index is 5.57. The molecule has 0 unspecified atom stereocenters. The summed E-state index contributed by atoms with van der Waals surface area (Å²) in [6.45, 7) is 6.87. The summed E-state index contributed by atoms with van der Waals surface area (Å²) in [4.78, 5) is 0. The molecule has 0 aliphatic carbocycles. The Morgan fingerprint density at radius 1 is 0.950 bits per heavy atom. The van der Waals surface area contributed by atoms with Crippen molar-refractivity contribution in [1.82, 2.24) is 5.32 Å². The lowest BCUT2D eigenvalue weighted by Crippen LogP contribution is -2.13. The fraction of sp³-hybridized carbons (Fsp3) is 0.333. The molecular formula is C18H23NO. The van der Waals surface area contributed by atoms with Crippen LogP contribution in [0.5, 0.6) is 5.75 Å². The molecule has 0 aliphatic rings. The molecule has 1 N–H and O–H groups in total. The van der Waals surface area contributed by atoms with E-state index in [1.165, 1.54) is 16.7 Å². The van der Waals surface area contributed by atoms with Crippen LogP contribution in [0, 0.1) is 0 Å². The molecule has 2 heteroatoms. The van der Waals surface area contributed by atoms with E-state index < -0.39 is 0 Å². The van der Waals surface area contributed by atoms with Crippen molar-refractivity contribution in [3.05, 3.63) is 54.1 Å². The van der Waals surface area contributed by atoms with Crippen molar-refractivity contribution in [2.45, 2.75) is 26.8 Å². The van der Waals surface area contributed by atoms with Gasteiger partial charge in [0.25, 0.3) is 0 Å². The highest BCUT2D eigenvalue weighted by molar-refractivity contribution is 5.65. The van der Waals surface area contributed by atoms with Gasteiger partial charge in [0.1, 0.15) is 5.75 Å². The third-order valence-electron chi connectivity index (χ3n) is 3.16. The largest absolute Gasteiger partial charge is 0.494 e. The van der Waals surface area contributed by atoms with Crippen LogP contribution in [-0.2, 0) is 6.54 Å². The highest BCUT2D eigenvalue weighted by atomic mass is 16.5. The first kappa shape index (κ1) is 14.6. The molecule has 0 aliphatic heterocycles. The Hall–Kier alpha value is -1.80. The monoisotopic (exact) mass is 269 g/mol. The van der Waals surface area contributed by atoms with E-state index in [-0.39, 0.29) is 0 Å². The predicted molar refractivity (Wildman–Crippen MR) is 85.0 cm³/mol. The zero-order valence-corrected chi connectivity index (χ0v) is 12.4. The molecule has 2 rings (SSSR count). The standard InChI is InChI=1S/C18H23NO/c1-3-11-19-14-15-7-5-8-16(12-15)17-9-6-10-18(13-17)20-4-2/h5-10,12-13,19H,3-4,11,14H2,1-2H3. The molecule has 0 saturated carbocycles. The van der Waals surface area contributed by atoms with E-state index in [2.05, 4.69) is 48.6 Å². The van der Waals surface area contributed by atoms with Gasteiger partial charge in [0.05, 0.1) is 6.61 Å². The molecule has 0 amide bonds. The highest BCUT2D eigenvalue weighted by Gasteiger charge is 2.01. The average molecular weight is 269 g/mol. The molecule has 0 spiro atoms. The second kappa shape index (κ2) is 7.71. The third kappa shape index (κ3) is 4.10. The maximum absolute atomic E-state index is 5.57. The second-order valence-electron chi connectivity index (χ2n) is 4.84. The molecule has 2 aromatic carbocycles. The highest BCUT2D eigenvalue weighted by Crippen LogP contribution is 2.24. The van der Waals surface area contributed by atoms with Crippen molar-refractivity contribution in [3.63, 3.8) is 0 Å². The van der Waals surface area contributed by atoms with E-state index in [4.69, 9.17) is 4.74 Å². The lowest BCUT2D eigenvalue weighted by molar-refractivity contribution is 0.340. The number of ether oxygens (including phenoxy) is 1. The van der Waals surface area contributed by atoms with Crippen molar-refractivity contribution in [3.8, 4) is 16.9 Å². The van der Waals surface area contributed by atoms with Crippen molar-refractivity contribution < 1.29 is 4.74 Å². The van der Waals surface area contributed by atoms with Crippen LogP contribution < -0.4 is 10.1 Å². The molecule has 20 heavy (non-hydrogen) atoms. The molecule has 0 aromatic heterocycles. The topological polar surface area (TPSA) is 21.3 Å². The molecule has 0 heterocycles. The van der Waals surface area contributed by atoms with Crippen molar-refractivity contribution >= 4 is 0 Å². The van der Waals surface area contributed by atoms with Crippen molar-refractivity contribution in [2.75, 3.05) is 13.2 Å². The Labute approximate surface area is 121 Å². The van der Waals surface area contributed by atoms with Gasteiger partial charge in [-0.2, -0.15) is 0 Å². The number of hydrogen-bond acceptors (Lipinski definition) is 2. The minimum atomic E-state index is 0.699. The van der Waals surface area contributed by atoms with Gasteiger partial charge in [-0.3, -0.25) is 0 Å². The zero-order chi connectivity index (χ0) is 14.2. The molecule has 0 fully saturated rings. The first-order chi connectivity index (χ1) is 9.83. The van der Waals surface area contributed by atoms with Crippen LogP contribution in [0.15, 0.2) is 48.5 Å². The van der Waals surface area contributed by atoms with E-state index in [1.807, 2.05) is 19.1 Å². The van der Waals surface area contributed by atoms with Gasteiger partial charge in [-0.15, -0.1) is 0 Å². The van der Waals surface area contributed by atoms with Gasteiger partial charge in [0.2, 0.25) is 0 Å². The van der Waals surface area contributed by atoms with Gasteiger partial charge in [-0.1, -0.05) is 37.3 Å². The minimum absolute atomic E-state index is 0.699. The SMILES string of the molecule is CCCNCc1cccc(-c2cccc(OCC)c2)c1. The maximum Gasteiger partial charge on any atom is 0.119 e. The van der Waals surface area contributed by atoms with Gasteiger partial charge >= 0.3 is 0 Å². The van der Waals surface area contributed by atoms with E-state index >= 15 is 0 Å². The van der Waals surface area contributed by atoms with Crippen LogP contribution >= 0.6 is 0 Å². The van der Waals surface area contributed by atoms with Crippen LogP contribution in [0.1, 0.15) is 25.8 Å². The van der Waals surface area contributed by atoms with Crippen LogP contribution in [0.3, 0.4) is 0 Å². The molecule has 0 radical (unpaired) electrons. The third-order valence-corrected chi connectivity index (χ3v) is 3.16. The zero-order valence-electron chi connectivity index (χ0n) is 12.4. The van der Waals surface area contributed by atoms with Gasteiger partial charge in [0.15, 0.2) is 0 Å². The van der Waals surface area contributed by atoms with Gasteiger partial charge < -0.3 is 10.1 Å². The quantitative estimate of drug-likeness (QED) is 0.759. The summed E-state index contributed by atoms with van der Waals surface area (Å²) in [5.41, 5.74) is 3.76. The van der Waals surface area contributed by atoms with Crippen molar-refractivity contribution in [1.29, 1.82) is 0 Å². The van der Waals surface area contributed by atoms with E-state index in [0.29, 0.717) is 6.61 Å². The van der Waals surface area contributed by atoms with Gasteiger partial charge in [-0.25, -0.2) is 0 Å². The van der Waals surface area contributed by atoms with Crippen LogP contribution in [0.4, 0.5) is 0 Å². The van der Waals surface area contributed by atoms with E-state index in [0.717, 1.165) is 25.3 Å². The fourth-order valence-electron chi connectivity index (χ4n) is 2.20.